The van der Waals surface area contributed by atoms with Crippen LogP contribution in [-0.4, -0.2) is 12.2 Å². The summed E-state index contributed by atoms with van der Waals surface area (Å²) in [7, 11) is 1.49. The second-order valence-electron chi connectivity index (χ2n) is 3.07. The first kappa shape index (κ1) is 10.6. The highest BCUT2D eigenvalue weighted by Crippen LogP contribution is 2.17. The fourth-order valence-corrected chi connectivity index (χ4v) is 1.17. The average Bonchev–Trinajstić information content (AvgIpc) is 2.14. The molecule has 0 aliphatic heterocycles. The highest BCUT2D eigenvalue weighted by atomic mass is 19.1. The first-order valence-electron chi connectivity index (χ1n) is 4.32. The van der Waals surface area contributed by atoms with Crippen LogP contribution < -0.4 is 4.74 Å². The van der Waals surface area contributed by atoms with Crippen molar-refractivity contribution < 1.29 is 14.2 Å². The van der Waals surface area contributed by atoms with Crippen molar-refractivity contribution in [2.45, 2.75) is 12.8 Å². The van der Waals surface area contributed by atoms with Crippen LogP contribution in [-0.2, 0) is 6.42 Å². The quantitative estimate of drug-likeness (QED) is 0.750. The van der Waals surface area contributed by atoms with Gasteiger partial charge >= 0.3 is 0 Å². The van der Waals surface area contributed by atoms with Gasteiger partial charge in [0.2, 0.25) is 0 Å². The van der Waals surface area contributed by atoms with Gasteiger partial charge in [-0.05, 0) is 24.1 Å². The smallest absolute Gasteiger partial charge is 0.127 e. The molecule has 1 aromatic carbocycles. The van der Waals surface area contributed by atoms with Gasteiger partial charge in [-0.25, -0.2) is 4.39 Å². The summed E-state index contributed by atoms with van der Waals surface area (Å²) in [6.45, 7) is 3.37. The maximum atomic E-state index is 13.0. The summed E-state index contributed by atoms with van der Waals surface area (Å²) < 4.78 is 17.9. The topological polar surface area (TPSA) is 29.5 Å². The average molecular weight is 196 g/mol. The largest absolute Gasteiger partial charge is 0.513 e. The normalized spacial score (nSPS) is 9.86. The molecule has 0 fully saturated rings. The lowest BCUT2D eigenvalue weighted by Gasteiger charge is -2.04. The van der Waals surface area contributed by atoms with Gasteiger partial charge in [-0.2, -0.15) is 0 Å². The van der Waals surface area contributed by atoms with E-state index in [2.05, 4.69) is 6.58 Å². The third-order valence-corrected chi connectivity index (χ3v) is 1.87. The summed E-state index contributed by atoms with van der Waals surface area (Å²) in [6.07, 6.45) is 0.996. The second-order valence-corrected chi connectivity index (χ2v) is 3.07. The molecule has 1 rings (SSSR count). The fraction of sp³-hybridized carbons (Fsp3) is 0.273. The molecule has 0 saturated carbocycles. The number of aliphatic hydroxyl groups is 1. The van der Waals surface area contributed by atoms with Crippen molar-refractivity contribution in [3.63, 3.8) is 0 Å². The van der Waals surface area contributed by atoms with Crippen LogP contribution in [0.2, 0.25) is 0 Å². The first-order chi connectivity index (χ1) is 6.61. The lowest BCUT2D eigenvalue weighted by Crippen LogP contribution is -1.91. The maximum Gasteiger partial charge on any atom is 0.127 e. The number of hydrogen-bond donors (Lipinski definition) is 1. The van der Waals surface area contributed by atoms with Crippen LogP contribution in [0.5, 0.6) is 5.75 Å². The van der Waals surface area contributed by atoms with Crippen molar-refractivity contribution in [2.24, 2.45) is 0 Å². The molecule has 0 spiro atoms. The van der Waals surface area contributed by atoms with Crippen molar-refractivity contribution >= 4 is 0 Å². The van der Waals surface area contributed by atoms with Crippen LogP contribution >= 0.6 is 0 Å². The molecule has 3 heteroatoms. The van der Waals surface area contributed by atoms with Crippen molar-refractivity contribution in [1.82, 2.24) is 0 Å². The van der Waals surface area contributed by atoms with Crippen LogP contribution in [0.3, 0.4) is 0 Å². The minimum absolute atomic E-state index is 0.105. The van der Waals surface area contributed by atoms with Gasteiger partial charge < -0.3 is 9.84 Å². The van der Waals surface area contributed by atoms with Crippen LogP contribution in [0.25, 0.3) is 0 Å². The van der Waals surface area contributed by atoms with E-state index in [0.717, 1.165) is 5.56 Å². The SMILES string of the molecule is C=C(O)CCc1cc(F)cc(OC)c1. The minimum Gasteiger partial charge on any atom is -0.513 e. The Morgan fingerprint density at radius 1 is 1.50 bits per heavy atom. The molecule has 0 amide bonds. The summed E-state index contributed by atoms with van der Waals surface area (Å²) in [6, 6.07) is 4.48. The number of rotatable bonds is 4. The van der Waals surface area contributed by atoms with E-state index >= 15 is 0 Å². The predicted octanol–water partition coefficient (Wildman–Crippen LogP) is 2.84. The molecule has 0 saturated heterocycles. The number of methoxy groups -OCH3 is 1. The van der Waals surface area contributed by atoms with Crippen molar-refractivity contribution in [3.05, 3.63) is 41.9 Å². The fourth-order valence-electron chi connectivity index (χ4n) is 1.17. The van der Waals surface area contributed by atoms with Gasteiger partial charge in [0.1, 0.15) is 11.6 Å². The second kappa shape index (κ2) is 4.65. The molecule has 14 heavy (non-hydrogen) atoms. The van der Waals surface area contributed by atoms with Crippen molar-refractivity contribution in [2.75, 3.05) is 7.11 Å². The highest BCUT2D eigenvalue weighted by Gasteiger charge is 2.01. The zero-order valence-corrected chi connectivity index (χ0v) is 8.09. The molecule has 0 unspecified atom stereocenters. The minimum atomic E-state index is -0.331. The standard InChI is InChI=1S/C11H13FO2/c1-8(13)3-4-9-5-10(12)7-11(6-9)14-2/h5-7,13H,1,3-4H2,2H3. The Morgan fingerprint density at radius 2 is 2.21 bits per heavy atom. The number of aryl methyl sites for hydroxylation is 1. The lowest BCUT2D eigenvalue weighted by molar-refractivity contribution is 0.390. The molecule has 2 nitrogen and oxygen atoms in total. The van der Waals surface area contributed by atoms with Gasteiger partial charge in [0.05, 0.1) is 12.9 Å². The third kappa shape index (κ3) is 3.09. The summed E-state index contributed by atoms with van der Waals surface area (Å²) in [5, 5.41) is 8.89. The molecule has 0 aliphatic carbocycles. The Morgan fingerprint density at radius 3 is 2.79 bits per heavy atom. The van der Waals surface area contributed by atoms with E-state index in [0.29, 0.717) is 18.6 Å². The van der Waals surface area contributed by atoms with E-state index < -0.39 is 0 Å². The summed E-state index contributed by atoms with van der Waals surface area (Å²) in [5.74, 6) is 0.264. The molecule has 0 bridgehead atoms. The van der Waals surface area contributed by atoms with Crippen molar-refractivity contribution in [3.8, 4) is 5.75 Å². The molecule has 0 atom stereocenters. The molecule has 1 N–H and O–H groups in total. The lowest BCUT2D eigenvalue weighted by atomic mass is 10.1. The molecular formula is C11H13FO2. The molecule has 0 aromatic heterocycles. The first-order valence-corrected chi connectivity index (χ1v) is 4.32. The summed E-state index contributed by atoms with van der Waals surface area (Å²) >= 11 is 0. The van der Waals surface area contributed by atoms with E-state index in [-0.39, 0.29) is 11.6 Å². The molecule has 1 aromatic rings. The Kier molecular flexibility index (Phi) is 3.51. The Balaban J connectivity index is 2.76. The zero-order valence-electron chi connectivity index (χ0n) is 8.09. The number of benzene rings is 1. The van der Waals surface area contributed by atoms with E-state index in [1.807, 2.05) is 0 Å². The van der Waals surface area contributed by atoms with Crippen LogP contribution in [0.15, 0.2) is 30.5 Å². The molecular weight excluding hydrogens is 183 g/mol. The number of halogens is 1. The Bertz CT molecular complexity index is 334. The van der Waals surface area contributed by atoms with Gasteiger partial charge in [0, 0.05) is 12.5 Å². The maximum absolute atomic E-state index is 13.0. The van der Waals surface area contributed by atoms with Gasteiger partial charge in [0.25, 0.3) is 0 Å². The third-order valence-electron chi connectivity index (χ3n) is 1.87. The molecule has 76 valence electrons. The Hall–Kier alpha value is -1.51. The predicted molar refractivity (Wildman–Crippen MR) is 53.0 cm³/mol. The summed E-state index contributed by atoms with van der Waals surface area (Å²) in [4.78, 5) is 0. The number of allylic oxidation sites excluding steroid dienone is 1. The number of aliphatic hydroxyl groups excluding tert-OH is 1. The zero-order chi connectivity index (χ0) is 10.6. The van der Waals surface area contributed by atoms with Crippen LogP contribution in [0.1, 0.15) is 12.0 Å². The Labute approximate surface area is 82.6 Å². The van der Waals surface area contributed by atoms with E-state index in [1.165, 1.54) is 19.2 Å². The van der Waals surface area contributed by atoms with Crippen molar-refractivity contribution in [1.29, 1.82) is 0 Å². The van der Waals surface area contributed by atoms with Gasteiger partial charge in [-0.3, -0.25) is 0 Å². The molecule has 0 radical (unpaired) electrons. The number of ether oxygens (including phenoxy) is 1. The van der Waals surface area contributed by atoms with Crippen LogP contribution in [0, 0.1) is 5.82 Å². The van der Waals surface area contributed by atoms with E-state index in [1.54, 1.807) is 6.07 Å². The van der Waals surface area contributed by atoms with Gasteiger partial charge in [-0.15, -0.1) is 0 Å². The highest BCUT2D eigenvalue weighted by molar-refractivity contribution is 5.29. The molecule has 0 aliphatic rings. The summed E-state index contributed by atoms with van der Waals surface area (Å²) in [5.41, 5.74) is 0.789. The van der Waals surface area contributed by atoms with Gasteiger partial charge in [0.15, 0.2) is 0 Å². The number of hydrogen-bond acceptors (Lipinski definition) is 2. The molecule has 0 heterocycles. The van der Waals surface area contributed by atoms with Crippen LogP contribution in [0.4, 0.5) is 4.39 Å². The van der Waals surface area contributed by atoms with Gasteiger partial charge in [-0.1, -0.05) is 6.58 Å². The van der Waals surface area contributed by atoms with E-state index in [9.17, 15) is 4.39 Å². The monoisotopic (exact) mass is 196 g/mol. The van der Waals surface area contributed by atoms with E-state index in [4.69, 9.17) is 9.84 Å².